The molecule has 2 heterocycles. The zero-order valence-electron chi connectivity index (χ0n) is 9.32. The standard InChI is InChI=1S/C12H19N3/c1-2-15-8-4-3-5-11(15)10-6-7-12(13)14-9-10/h6-7,9,11H,2-5,8H2,1H3,(H2,13,14)/t11-/m1/s1. The molecular weight excluding hydrogens is 186 g/mol. The Morgan fingerprint density at radius 1 is 1.47 bits per heavy atom. The molecule has 2 rings (SSSR count). The third-order valence-electron chi connectivity index (χ3n) is 3.21. The van der Waals surface area contributed by atoms with Crippen LogP contribution in [-0.2, 0) is 0 Å². The molecule has 1 aromatic heterocycles. The minimum atomic E-state index is 0.553. The van der Waals surface area contributed by atoms with Gasteiger partial charge < -0.3 is 5.73 Å². The van der Waals surface area contributed by atoms with Crippen molar-refractivity contribution in [2.24, 2.45) is 0 Å². The molecule has 0 bridgehead atoms. The van der Waals surface area contributed by atoms with Gasteiger partial charge in [-0.2, -0.15) is 0 Å². The predicted molar refractivity (Wildman–Crippen MR) is 62.5 cm³/mol. The van der Waals surface area contributed by atoms with Crippen LogP contribution in [0.5, 0.6) is 0 Å². The molecule has 0 aromatic carbocycles. The predicted octanol–water partition coefficient (Wildman–Crippen LogP) is 2.21. The Labute approximate surface area is 91.3 Å². The summed E-state index contributed by atoms with van der Waals surface area (Å²) in [6, 6.07) is 4.57. The molecule has 1 aromatic rings. The second kappa shape index (κ2) is 4.62. The highest BCUT2D eigenvalue weighted by atomic mass is 15.2. The first-order valence-corrected chi connectivity index (χ1v) is 5.76. The van der Waals surface area contributed by atoms with Crippen molar-refractivity contribution in [3.63, 3.8) is 0 Å². The minimum Gasteiger partial charge on any atom is -0.384 e. The number of likely N-dealkylation sites (tertiary alicyclic amines) is 1. The van der Waals surface area contributed by atoms with Crippen molar-refractivity contribution >= 4 is 5.82 Å². The Bertz CT molecular complexity index is 307. The van der Waals surface area contributed by atoms with Crippen molar-refractivity contribution in [3.8, 4) is 0 Å². The van der Waals surface area contributed by atoms with E-state index in [0.29, 0.717) is 11.9 Å². The maximum atomic E-state index is 5.60. The number of rotatable bonds is 2. The van der Waals surface area contributed by atoms with Crippen LogP contribution in [0.15, 0.2) is 18.3 Å². The van der Waals surface area contributed by atoms with Crippen LogP contribution in [0.4, 0.5) is 5.82 Å². The van der Waals surface area contributed by atoms with Crippen molar-refractivity contribution < 1.29 is 0 Å². The summed E-state index contributed by atoms with van der Waals surface area (Å²) in [5, 5.41) is 0. The number of aromatic nitrogens is 1. The number of hydrogen-bond donors (Lipinski definition) is 1. The van der Waals surface area contributed by atoms with Gasteiger partial charge >= 0.3 is 0 Å². The maximum Gasteiger partial charge on any atom is 0.123 e. The van der Waals surface area contributed by atoms with Gasteiger partial charge in [-0.3, -0.25) is 4.90 Å². The van der Waals surface area contributed by atoms with Gasteiger partial charge in [0.05, 0.1) is 0 Å². The van der Waals surface area contributed by atoms with Gasteiger partial charge in [-0.05, 0) is 37.6 Å². The minimum absolute atomic E-state index is 0.553. The van der Waals surface area contributed by atoms with E-state index in [-0.39, 0.29) is 0 Å². The average molecular weight is 205 g/mol. The van der Waals surface area contributed by atoms with Gasteiger partial charge in [0.25, 0.3) is 0 Å². The summed E-state index contributed by atoms with van der Waals surface area (Å²) in [4.78, 5) is 6.70. The Kier molecular flexibility index (Phi) is 3.21. The van der Waals surface area contributed by atoms with E-state index < -0.39 is 0 Å². The van der Waals surface area contributed by atoms with Gasteiger partial charge in [0.15, 0.2) is 0 Å². The van der Waals surface area contributed by atoms with E-state index in [1.165, 1.54) is 31.4 Å². The largest absolute Gasteiger partial charge is 0.384 e. The van der Waals surface area contributed by atoms with E-state index >= 15 is 0 Å². The molecule has 1 aliphatic rings. The highest BCUT2D eigenvalue weighted by Crippen LogP contribution is 2.30. The summed E-state index contributed by atoms with van der Waals surface area (Å²) in [5.41, 5.74) is 6.91. The molecule has 0 radical (unpaired) electrons. The summed E-state index contributed by atoms with van der Waals surface area (Å²) >= 11 is 0. The Morgan fingerprint density at radius 2 is 2.33 bits per heavy atom. The van der Waals surface area contributed by atoms with E-state index in [4.69, 9.17) is 5.73 Å². The number of hydrogen-bond acceptors (Lipinski definition) is 3. The summed E-state index contributed by atoms with van der Waals surface area (Å²) in [6.07, 6.45) is 5.83. The van der Waals surface area contributed by atoms with Crippen molar-refractivity contribution in [1.29, 1.82) is 0 Å². The van der Waals surface area contributed by atoms with E-state index in [1.54, 1.807) is 0 Å². The number of anilines is 1. The fraction of sp³-hybridized carbons (Fsp3) is 0.583. The first-order chi connectivity index (χ1) is 7.31. The van der Waals surface area contributed by atoms with Crippen LogP contribution >= 0.6 is 0 Å². The molecule has 1 aliphatic heterocycles. The van der Waals surface area contributed by atoms with Crippen LogP contribution in [0.25, 0.3) is 0 Å². The van der Waals surface area contributed by atoms with Crippen molar-refractivity contribution in [2.75, 3.05) is 18.8 Å². The SMILES string of the molecule is CCN1CCCC[C@@H]1c1ccc(N)nc1. The fourth-order valence-electron chi connectivity index (χ4n) is 2.36. The molecule has 1 saturated heterocycles. The van der Waals surface area contributed by atoms with Crippen LogP contribution in [-0.4, -0.2) is 23.0 Å². The van der Waals surface area contributed by atoms with E-state index in [0.717, 1.165) is 6.54 Å². The molecule has 0 unspecified atom stereocenters. The second-order valence-corrected chi connectivity index (χ2v) is 4.16. The van der Waals surface area contributed by atoms with Gasteiger partial charge in [-0.25, -0.2) is 4.98 Å². The molecule has 0 aliphatic carbocycles. The molecule has 3 heteroatoms. The average Bonchev–Trinajstić information content (AvgIpc) is 2.30. The molecule has 0 spiro atoms. The monoisotopic (exact) mass is 205 g/mol. The van der Waals surface area contributed by atoms with Gasteiger partial charge in [-0.1, -0.05) is 19.4 Å². The first kappa shape index (κ1) is 10.4. The Hall–Kier alpha value is -1.09. The van der Waals surface area contributed by atoms with Crippen LogP contribution < -0.4 is 5.73 Å². The van der Waals surface area contributed by atoms with Crippen LogP contribution in [0.3, 0.4) is 0 Å². The summed E-state index contributed by atoms with van der Waals surface area (Å²) in [6.45, 7) is 4.56. The fourth-order valence-corrected chi connectivity index (χ4v) is 2.36. The maximum absolute atomic E-state index is 5.60. The molecule has 3 nitrogen and oxygen atoms in total. The third-order valence-corrected chi connectivity index (χ3v) is 3.21. The first-order valence-electron chi connectivity index (χ1n) is 5.76. The molecule has 0 saturated carbocycles. The zero-order valence-corrected chi connectivity index (χ0v) is 9.32. The topological polar surface area (TPSA) is 42.1 Å². The van der Waals surface area contributed by atoms with Gasteiger partial charge in [-0.15, -0.1) is 0 Å². The molecule has 15 heavy (non-hydrogen) atoms. The van der Waals surface area contributed by atoms with Crippen LogP contribution in [0.2, 0.25) is 0 Å². The number of nitrogens with two attached hydrogens (primary N) is 1. The Morgan fingerprint density at radius 3 is 3.00 bits per heavy atom. The van der Waals surface area contributed by atoms with E-state index in [1.807, 2.05) is 12.3 Å². The highest BCUT2D eigenvalue weighted by Gasteiger charge is 2.22. The lowest BCUT2D eigenvalue weighted by atomic mass is 9.96. The lowest BCUT2D eigenvalue weighted by Crippen LogP contribution is -2.33. The summed E-state index contributed by atoms with van der Waals surface area (Å²) in [5.74, 6) is 0.609. The normalized spacial score (nSPS) is 22.9. The number of nitrogen functional groups attached to an aromatic ring is 1. The van der Waals surface area contributed by atoms with Gasteiger partial charge in [0.1, 0.15) is 5.82 Å². The second-order valence-electron chi connectivity index (χ2n) is 4.16. The summed E-state index contributed by atoms with van der Waals surface area (Å²) in [7, 11) is 0. The summed E-state index contributed by atoms with van der Waals surface area (Å²) < 4.78 is 0. The number of piperidine rings is 1. The smallest absolute Gasteiger partial charge is 0.123 e. The van der Waals surface area contributed by atoms with E-state index in [9.17, 15) is 0 Å². The molecule has 1 atom stereocenters. The molecular formula is C12H19N3. The van der Waals surface area contributed by atoms with Crippen LogP contribution in [0.1, 0.15) is 37.8 Å². The third kappa shape index (κ3) is 2.29. The lowest BCUT2D eigenvalue weighted by molar-refractivity contribution is 0.157. The molecule has 1 fully saturated rings. The molecule has 82 valence electrons. The van der Waals surface area contributed by atoms with Crippen molar-refractivity contribution in [3.05, 3.63) is 23.9 Å². The van der Waals surface area contributed by atoms with Crippen LogP contribution in [0, 0.1) is 0 Å². The zero-order chi connectivity index (χ0) is 10.7. The van der Waals surface area contributed by atoms with Gasteiger partial charge in [0, 0.05) is 12.2 Å². The number of nitrogens with zero attached hydrogens (tertiary/aromatic N) is 2. The van der Waals surface area contributed by atoms with Gasteiger partial charge in [0.2, 0.25) is 0 Å². The quantitative estimate of drug-likeness (QED) is 0.805. The van der Waals surface area contributed by atoms with Crippen molar-refractivity contribution in [1.82, 2.24) is 9.88 Å². The molecule has 0 amide bonds. The van der Waals surface area contributed by atoms with Crippen molar-refractivity contribution in [2.45, 2.75) is 32.2 Å². The highest BCUT2D eigenvalue weighted by molar-refractivity contribution is 5.30. The van der Waals surface area contributed by atoms with E-state index in [2.05, 4.69) is 22.9 Å². The Balaban J connectivity index is 2.16. The molecule has 2 N–H and O–H groups in total. The lowest BCUT2D eigenvalue weighted by Gasteiger charge is -2.34. The number of pyridine rings is 1.